The van der Waals surface area contributed by atoms with E-state index in [1.165, 1.54) is 6.42 Å². The number of hydrogen-bond acceptors (Lipinski definition) is 6. The van der Waals surface area contributed by atoms with Crippen molar-refractivity contribution in [1.29, 1.82) is 0 Å². The minimum Gasteiger partial charge on any atom is -0.395 e. The molecule has 6 nitrogen and oxygen atoms in total. The van der Waals surface area contributed by atoms with Crippen molar-refractivity contribution in [2.24, 2.45) is 16.6 Å². The summed E-state index contributed by atoms with van der Waals surface area (Å²) in [4.78, 5) is 4.18. The van der Waals surface area contributed by atoms with E-state index < -0.39 is 0 Å². The zero-order valence-corrected chi connectivity index (χ0v) is 11.7. The Kier molecular flexibility index (Phi) is 5.57. The van der Waals surface area contributed by atoms with Gasteiger partial charge in [-0.3, -0.25) is 4.99 Å². The van der Waals surface area contributed by atoms with E-state index in [2.05, 4.69) is 27.9 Å². The van der Waals surface area contributed by atoms with Gasteiger partial charge >= 0.3 is 0 Å². The predicted octanol–water partition coefficient (Wildman–Crippen LogP) is -1.000. The van der Waals surface area contributed by atoms with Crippen LogP contribution in [0.3, 0.4) is 0 Å². The minimum absolute atomic E-state index is 0.148. The molecular formula is C13H27N5O. The van der Waals surface area contributed by atoms with Gasteiger partial charge in [-0.25, -0.2) is 0 Å². The summed E-state index contributed by atoms with van der Waals surface area (Å²) in [7, 11) is 0. The van der Waals surface area contributed by atoms with Crippen molar-refractivity contribution >= 4 is 6.34 Å². The highest BCUT2D eigenvalue weighted by Crippen LogP contribution is 2.19. The number of aliphatic hydroxyl groups is 1. The number of rotatable bonds is 7. The van der Waals surface area contributed by atoms with Crippen molar-refractivity contribution < 1.29 is 5.11 Å². The summed E-state index contributed by atoms with van der Waals surface area (Å²) in [5, 5.41) is 19.6. The Labute approximate surface area is 115 Å². The van der Waals surface area contributed by atoms with Gasteiger partial charge in [0.1, 0.15) is 6.17 Å². The molecule has 0 spiro atoms. The van der Waals surface area contributed by atoms with Gasteiger partial charge < -0.3 is 26.8 Å². The van der Waals surface area contributed by atoms with Crippen LogP contribution in [0.1, 0.15) is 26.2 Å². The Hall–Kier alpha value is -0.690. The molecule has 0 aromatic rings. The molecule has 2 heterocycles. The number of unbranched alkanes of at least 4 members (excludes halogenated alkanes) is 1. The largest absolute Gasteiger partial charge is 0.395 e. The fourth-order valence-electron chi connectivity index (χ4n) is 2.94. The maximum absolute atomic E-state index is 9.37. The van der Waals surface area contributed by atoms with E-state index in [1.54, 1.807) is 6.34 Å². The molecule has 1 saturated heterocycles. The summed E-state index contributed by atoms with van der Waals surface area (Å²) >= 11 is 0. The van der Waals surface area contributed by atoms with Crippen LogP contribution >= 0.6 is 0 Å². The van der Waals surface area contributed by atoms with Crippen LogP contribution in [0, 0.1) is 5.92 Å². The quantitative estimate of drug-likeness (QED) is 0.409. The number of hydrogen-bond donors (Lipinski definition) is 5. The van der Waals surface area contributed by atoms with E-state index in [0.29, 0.717) is 12.0 Å². The summed E-state index contributed by atoms with van der Waals surface area (Å²) in [6.07, 6.45) is 4.94. The topological polar surface area (TPSA) is 94.7 Å². The zero-order chi connectivity index (χ0) is 13.7. The first-order chi connectivity index (χ1) is 9.26. The van der Waals surface area contributed by atoms with Crippen molar-refractivity contribution in [3.8, 4) is 0 Å². The number of nitrogens with two attached hydrogens (primary N) is 1. The summed E-state index contributed by atoms with van der Waals surface area (Å²) < 4.78 is 0. The van der Waals surface area contributed by atoms with Crippen LogP contribution in [0.25, 0.3) is 0 Å². The molecule has 0 aromatic carbocycles. The molecule has 0 aromatic heterocycles. The van der Waals surface area contributed by atoms with Crippen LogP contribution in [0.15, 0.2) is 4.99 Å². The van der Waals surface area contributed by atoms with E-state index in [9.17, 15) is 5.11 Å². The van der Waals surface area contributed by atoms with Crippen LogP contribution in [0.2, 0.25) is 0 Å². The molecule has 0 radical (unpaired) electrons. The highest BCUT2D eigenvalue weighted by atomic mass is 16.3. The SMILES string of the molecule is CCCCC(CO)NCC1CNC2C(N)N=CNC12. The number of fused-ring (bicyclic) bond motifs is 1. The van der Waals surface area contributed by atoms with Crippen molar-refractivity contribution in [1.82, 2.24) is 16.0 Å². The number of nitrogens with one attached hydrogen (secondary N) is 3. The highest BCUT2D eigenvalue weighted by Gasteiger charge is 2.40. The second kappa shape index (κ2) is 7.19. The molecular weight excluding hydrogens is 242 g/mol. The second-order valence-corrected chi connectivity index (χ2v) is 5.59. The lowest BCUT2D eigenvalue weighted by Crippen LogP contribution is -2.56. The standard InChI is InChI=1S/C13H27N5O/c1-2-3-4-10(7-19)15-5-9-6-16-12-11(9)17-8-18-13(12)14/h8-13,15-16,19H,2-7,14H2,1H3,(H,17,18). The van der Waals surface area contributed by atoms with Gasteiger partial charge in [-0.05, 0) is 6.42 Å². The Balaban J connectivity index is 1.78. The summed E-state index contributed by atoms with van der Waals surface area (Å²) in [5.41, 5.74) is 5.97. The third kappa shape index (κ3) is 3.66. The molecule has 0 saturated carbocycles. The lowest BCUT2D eigenvalue weighted by atomic mass is 9.96. The van der Waals surface area contributed by atoms with Gasteiger partial charge in [-0.2, -0.15) is 0 Å². The average molecular weight is 269 g/mol. The normalized spacial score (nSPS) is 34.9. The first-order valence-electron chi connectivity index (χ1n) is 7.37. The van der Waals surface area contributed by atoms with Crippen LogP contribution < -0.4 is 21.7 Å². The third-order valence-corrected chi connectivity index (χ3v) is 4.19. The lowest BCUT2D eigenvalue weighted by molar-refractivity contribution is 0.225. The first kappa shape index (κ1) is 14.7. The van der Waals surface area contributed by atoms with E-state index in [4.69, 9.17) is 5.73 Å². The van der Waals surface area contributed by atoms with Gasteiger partial charge in [0.15, 0.2) is 0 Å². The monoisotopic (exact) mass is 269 g/mol. The number of aliphatic imine (C=N–C) groups is 1. The second-order valence-electron chi connectivity index (χ2n) is 5.59. The maximum Gasteiger partial charge on any atom is 0.116 e. The average Bonchev–Trinajstić information content (AvgIpc) is 2.84. The predicted molar refractivity (Wildman–Crippen MR) is 77.1 cm³/mol. The van der Waals surface area contributed by atoms with Crippen molar-refractivity contribution in [3.05, 3.63) is 0 Å². The molecule has 5 unspecified atom stereocenters. The molecule has 1 fully saturated rings. The fraction of sp³-hybridized carbons (Fsp3) is 0.923. The van der Waals surface area contributed by atoms with Crippen molar-refractivity contribution in [2.75, 3.05) is 19.7 Å². The van der Waals surface area contributed by atoms with Gasteiger partial charge in [0.2, 0.25) is 0 Å². The van der Waals surface area contributed by atoms with Gasteiger partial charge in [-0.1, -0.05) is 19.8 Å². The van der Waals surface area contributed by atoms with E-state index >= 15 is 0 Å². The lowest BCUT2D eigenvalue weighted by Gasteiger charge is -2.30. The Morgan fingerprint density at radius 3 is 3.11 bits per heavy atom. The molecule has 19 heavy (non-hydrogen) atoms. The van der Waals surface area contributed by atoms with Crippen LogP contribution in [-0.2, 0) is 0 Å². The summed E-state index contributed by atoms with van der Waals surface area (Å²) in [5.74, 6) is 0.485. The minimum atomic E-state index is -0.148. The van der Waals surface area contributed by atoms with Gasteiger partial charge in [0.25, 0.3) is 0 Å². The molecule has 6 N–H and O–H groups in total. The van der Waals surface area contributed by atoms with Gasteiger partial charge in [-0.15, -0.1) is 0 Å². The summed E-state index contributed by atoms with van der Waals surface area (Å²) in [6, 6.07) is 0.774. The Morgan fingerprint density at radius 1 is 1.53 bits per heavy atom. The maximum atomic E-state index is 9.37. The van der Waals surface area contributed by atoms with E-state index in [1.807, 2.05) is 0 Å². The van der Waals surface area contributed by atoms with Crippen molar-refractivity contribution in [2.45, 2.75) is 50.5 Å². The van der Waals surface area contributed by atoms with E-state index in [0.717, 1.165) is 25.9 Å². The molecule has 0 amide bonds. The van der Waals surface area contributed by atoms with Gasteiger partial charge in [0.05, 0.1) is 25.0 Å². The van der Waals surface area contributed by atoms with Crippen LogP contribution in [0.4, 0.5) is 0 Å². The molecule has 2 rings (SSSR count). The molecule has 2 aliphatic heterocycles. The zero-order valence-electron chi connectivity index (χ0n) is 11.7. The van der Waals surface area contributed by atoms with Crippen molar-refractivity contribution in [3.63, 3.8) is 0 Å². The molecule has 2 aliphatic rings. The molecule has 0 bridgehead atoms. The number of nitrogens with zero attached hydrogens (tertiary/aromatic N) is 1. The smallest absolute Gasteiger partial charge is 0.116 e. The number of aliphatic hydroxyl groups excluding tert-OH is 1. The summed E-state index contributed by atoms with van der Waals surface area (Å²) in [6.45, 7) is 4.23. The third-order valence-electron chi connectivity index (χ3n) is 4.19. The van der Waals surface area contributed by atoms with Gasteiger partial charge in [0, 0.05) is 25.0 Å². The molecule has 6 heteroatoms. The fourth-order valence-corrected chi connectivity index (χ4v) is 2.94. The first-order valence-corrected chi connectivity index (χ1v) is 7.37. The van der Waals surface area contributed by atoms with Crippen LogP contribution in [-0.4, -0.2) is 55.4 Å². The molecule has 0 aliphatic carbocycles. The Bertz CT molecular complexity index is 299. The van der Waals surface area contributed by atoms with Crippen LogP contribution in [0.5, 0.6) is 0 Å². The molecule has 110 valence electrons. The molecule has 5 atom stereocenters. The Morgan fingerprint density at radius 2 is 2.37 bits per heavy atom. The van der Waals surface area contributed by atoms with E-state index in [-0.39, 0.29) is 24.9 Å². The highest BCUT2D eigenvalue weighted by molar-refractivity contribution is 5.57.